The second-order valence-corrected chi connectivity index (χ2v) is 5.33. The zero-order valence-electron chi connectivity index (χ0n) is 10.5. The van der Waals surface area contributed by atoms with Crippen molar-refractivity contribution in [3.63, 3.8) is 0 Å². The van der Waals surface area contributed by atoms with Crippen LogP contribution in [0.3, 0.4) is 0 Å². The number of amides is 1. The topological polar surface area (TPSA) is 49.6 Å². The van der Waals surface area contributed by atoms with E-state index in [0.29, 0.717) is 6.54 Å². The van der Waals surface area contributed by atoms with Crippen LogP contribution >= 0.6 is 15.9 Å². The van der Waals surface area contributed by atoms with Gasteiger partial charge in [0.1, 0.15) is 0 Å². The fourth-order valence-electron chi connectivity index (χ4n) is 2.18. The Hall–Kier alpha value is -1.07. The molecule has 0 atom stereocenters. The summed E-state index contributed by atoms with van der Waals surface area (Å²) in [7, 11) is 0. The second-order valence-electron chi connectivity index (χ2n) is 4.47. The number of benzene rings is 1. The Kier molecular flexibility index (Phi) is 4.24. The first-order valence-corrected chi connectivity index (χ1v) is 6.90. The molecule has 18 heavy (non-hydrogen) atoms. The Morgan fingerprint density at radius 3 is 2.50 bits per heavy atom. The van der Waals surface area contributed by atoms with Crippen molar-refractivity contribution in [2.75, 3.05) is 31.1 Å². The molecule has 1 fully saturated rings. The number of carbonyl (C=O) groups is 1. The maximum absolute atomic E-state index is 11.3. The van der Waals surface area contributed by atoms with Gasteiger partial charge >= 0.3 is 0 Å². The zero-order chi connectivity index (χ0) is 13.1. The molecule has 0 saturated carbocycles. The number of hydrogen-bond donors (Lipinski definition) is 1. The molecule has 4 nitrogen and oxygen atoms in total. The van der Waals surface area contributed by atoms with Crippen LogP contribution in [-0.2, 0) is 11.3 Å². The van der Waals surface area contributed by atoms with Gasteiger partial charge in [-0.1, -0.05) is 22.0 Å². The maximum Gasteiger partial charge on any atom is 0.219 e. The van der Waals surface area contributed by atoms with Crippen LogP contribution in [0.1, 0.15) is 12.5 Å². The van der Waals surface area contributed by atoms with Crippen molar-refractivity contribution < 1.29 is 4.79 Å². The lowest BCUT2D eigenvalue weighted by atomic mass is 10.2. The highest BCUT2D eigenvalue weighted by atomic mass is 79.9. The highest BCUT2D eigenvalue weighted by molar-refractivity contribution is 9.10. The molecule has 1 aliphatic heterocycles. The predicted molar refractivity (Wildman–Crippen MR) is 76.5 cm³/mol. The van der Waals surface area contributed by atoms with Gasteiger partial charge < -0.3 is 15.5 Å². The summed E-state index contributed by atoms with van der Waals surface area (Å²) in [6, 6.07) is 6.25. The molecule has 0 radical (unpaired) electrons. The van der Waals surface area contributed by atoms with Gasteiger partial charge in [0.05, 0.1) is 0 Å². The summed E-state index contributed by atoms with van der Waals surface area (Å²) < 4.78 is 1.05. The van der Waals surface area contributed by atoms with Gasteiger partial charge in [0, 0.05) is 49.8 Å². The van der Waals surface area contributed by atoms with Gasteiger partial charge in [0.2, 0.25) is 5.91 Å². The Balaban J connectivity index is 2.05. The van der Waals surface area contributed by atoms with Gasteiger partial charge in [-0.3, -0.25) is 4.79 Å². The van der Waals surface area contributed by atoms with Crippen LogP contribution in [-0.4, -0.2) is 37.0 Å². The molecule has 98 valence electrons. The number of hydrogen-bond acceptors (Lipinski definition) is 3. The Labute approximate surface area is 116 Å². The van der Waals surface area contributed by atoms with Crippen LogP contribution in [0.5, 0.6) is 0 Å². The second kappa shape index (κ2) is 5.71. The van der Waals surface area contributed by atoms with Gasteiger partial charge in [-0.05, 0) is 17.7 Å². The van der Waals surface area contributed by atoms with Crippen LogP contribution < -0.4 is 10.6 Å². The molecule has 0 aliphatic carbocycles. The lowest BCUT2D eigenvalue weighted by Gasteiger charge is -2.35. The number of carbonyl (C=O) groups excluding carboxylic acids is 1. The summed E-state index contributed by atoms with van der Waals surface area (Å²) >= 11 is 3.54. The highest BCUT2D eigenvalue weighted by Crippen LogP contribution is 2.24. The number of rotatable bonds is 2. The van der Waals surface area contributed by atoms with Crippen LogP contribution in [0.4, 0.5) is 5.69 Å². The number of piperazine rings is 1. The van der Waals surface area contributed by atoms with Gasteiger partial charge in [-0.2, -0.15) is 0 Å². The third-order valence-electron chi connectivity index (χ3n) is 3.35. The molecule has 2 rings (SSSR count). The Bertz CT molecular complexity index is 442. The smallest absolute Gasteiger partial charge is 0.219 e. The summed E-state index contributed by atoms with van der Waals surface area (Å²) in [5.74, 6) is 0.161. The fraction of sp³-hybridized carbons (Fsp3) is 0.462. The number of nitrogens with zero attached hydrogens (tertiary/aromatic N) is 2. The molecule has 1 aromatic rings. The van der Waals surface area contributed by atoms with E-state index in [4.69, 9.17) is 5.73 Å². The van der Waals surface area contributed by atoms with Gasteiger partial charge in [0.15, 0.2) is 0 Å². The van der Waals surface area contributed by atoms with E-state index in [-0.39, 0.29) is 5.91 Å². The molecule has 0 aromatic heterocycles. The third kappa shape index (κ3) is 2.84. The van der Waals surface area contributed by atoms with Crippen molar-refractivity contribution in [1.82, 2.24) is 4.90 Å². The number of nitrogens with two attached hydrogens (primary N) is 1. The molecule has 5 heteroatoms. The first-order valence-electron chi connectivity index (χ1n) is 6.11. The monoisotopic (exact) mass is 311 g/mol. The van der Waals surface area contributed by atoms with Crippen molar-refractivity contribution in [2.45, 2.75) is 13.5 Å². The average Bonchev–Trinajstić information content (AvgIpc) is 2.38. The zero-order valence-corrected chi connectivity index (χ0v) is 12.1. The van der Waals surface area contributed by atoms with E-state index in [1.54, 1.807) is 6.92 Å². The SMILES string of the molecule is CC(=O)N1CCN(c2ccc(CN)c(Br)c2)CC1. The molecule has 0 spiro atoms. The summed E-state index contributed by atoms with van der Waals surface area (Å²) in [6.45, 7) is 5.53. The predicted octanol–water partition coefficient (Wildman–Crippen LogP) is 1.58. The highest BCUT2D eigenvalue weighted by Gasteiger charge is 2.19. The van der Waals surface area contributed by atoms with Crippen molar-refractivity contribution in [3.05, 3.63) is 28.2 Å². The van der Waals surface area contributed by atoms with Gasteiger partial charge in [-0.15, -0.1) is 0 Å². The first-order chi connectivity index (χ1) is 8.61. The quantitative estimate of drug-likeness (QED) is 0.902. The van der Waals surface area contributed by atoms with Crippen LogP contribution in [0.25, 0.3) is 0 Å². The molecule has 1 aromatic carbocycles. The van der Waals surface area contributed by atoms with Crippen molar-refractivity contribution in [1.29, 1.82) is 0 Å². The molecule has 0 bridgehead atoms. The number of halogens is 1. The lowest BCUT2D eigenvalue weighted by Crippen LogP contribution is -2.48. The summed E-state index contributed by atoms with van der Waals surface area (Å²) in [4.78, 5) is 15.5. The van der Waals surface area contributed by atoms with Crippen LogP contribution in [0.15, 0.2) is 22.7 Å². The molecule has 0 unspecified atom stereocenters. The Morgan fingerprint density at radius 2 is 2.00 bits per heavy atom. The summed E-state index contributed by atoms with van der Waals surface area (Å²) in [5, 5.41) is 0. The number of anilines is 1. The molecule has 1 saturated heterocycles. The van der Waals surface area contributed by atoms with Crippen molar-refractivity contribution >= 4 is 27.5 Å². The normalized spacial score (nSPS) is 15.9. The van der Waals surface area contributed by atoms with Gasteiger partial charge in [-0.25, -0.2) is 0 Å². The summed E-state index contributed by atoms with van der Waals surface area (Å²) in [5.41, 5.74) is 7.94. The lowest BCUT2D eigenvalue weighted by molar-refractivity contribution is -0.129. The van der Waals surface area contributed by atoms with E-state index in [0.717, 1.165) is 36.2 Å². The molecular formula is C13H18BrN3O. The van der Waals surface area contributed by atoms with Crippen LogP contribution in [0, 0.1) is 0 Å². The fourth-order valence-corrected chi connectivity index (χ4v) is 2.71. The largest absolute Gasteiger partial charge is 0.368 e. The standard InChI is InChI=1S/C13H18BrN3O/c1-10(18)16-4-6-17(7-5-16)12-3-2-11(9-15)13(14)8-12/h2-3,8H,4-7,9,15H2,1H3. The van der Waals surface area contributed by atoms with Crippen LogP contribution in [0.2, 0.25) is 0 Å². The van der Waals surface area contributed by atoms with E-state index in [1.807, 2.05) is 4.90 Å². The minimum atomic E-state index is 0.161. The maximum atomic E-state index is 11.3. The molecule has 1 aliphatic rings. The molecule has 1 heterocycles. The van der Waals surface area contributed by atoms with E-state index < -0.39 is 0 Å². The first kappa shape index (κ1) is 13.4. The van der Waals surface area contributed by atoms with Gasteiger partial charge in [0.25, 0.3) is 0 Å². The molecular weight excluding hydrogens is 294 g/mol. The molecule has 2 N–H and O–H groups in total. The van der Waals surface area contributed by atoms with E-state index >= 15 is 0 Å². The van der Waals surface area contributed by atoms with E-state index in [9.17, 15) is 4.79 Å². The van der Waals surface area contributed by atoms with Crippen molar-refractivity contribution in [2.24, 2.45) is 5.73 Å². The van der Waals surface area contributed by atoms with E-state index in [2.05, 4.69) is 39.0 Å². The van der Waals surface area contributed by atoms with E-state index in [1.165, 1.54) is 5.69 Å². The summed E-state index contributed by atoms with van der Waals surface area (Å²) in [6.07, 6.45) is 0. The third-order valence-corrected chi connectivity index (χ3v) is 4.08. The van der Waals surface area contributed by atoms with Crippen molar-refractivity contribution in [3.8, 4) is 0 Å². The Morgan fingerprint density at radius 1 is 1.33 bits per heavy atom. The minimum absolute atomic E-state index is 0.161. The molecule has 1 amide bonds. The minimum Gasteiger partial charge on any atom is -0.368 e. The average molecular weight is 312 g/mol.